The van der Waals surface area contributed by atoms with Gasteiger partial charge >= 0.3 is 5.97 Å². The Hall–Kier alpha value is -3.01. The molecule has 1 saturated heterocycles. The lowest BCUT2D eigenvalue weighted by Gasteiger charge is -2.46. The number of carboxylic acids is 1. The van der Waals surface area contributed by atoms with E-state index < -0.39 is 18.0 Å². The highest BCUT2D eigenvalue weighted by atomic mass is 32.2. The number of benzene rings is 1. The Morgan fingerprint density at radius 1 is 1.26 bits per heavy atom. The van der Waals surface area contributed by atoms with Crippen LogP contribution in [0.4, 0.5) is 0 Å². The number of β-lactam (4-membered cyclic amide) rings is 1. The number of amides is 1. The zero-order chi connectivity index (χ0) is 24.0. The summed E-state index contributed by atoms with van der Waals surface area (Å²) in [7, 11) is 0. The fraction of sp³-hybridized carbons (Fsp3) is 0.280. The summed E-state index contributed by atoms with van der Waals surface area (Å²) in [6, 6.07) is 13.9. The Morgan fingerprint density at radius 2 is 2.03 bits per heavy atom. The first-order valence-corrected chi connectivity index (χ1v) is 12.7. The molecule has 9 heteroatoms. The predicted molar refractivity (Wildman–Crippen MR) is 129 cm³/mol. The summed E-state index contributed by atoms with van der Waals surface area (Å²) in [5.74, 6) is -2.21. The molecule has 2 aliphatic rings. The van der Waals surface area contributed by atoms with Crippen LogP contribution in [0, 0.1) is 11.8 Å². The highest BCUT2D eigenvalue weighted by Gasteiger charge is 2.60. The van der Waals surface area contributed by atoms with E-state index in [4.69, 9.17) is 4.98 Å². The van der Waals surface area contributed by atoms with Gasteiger partial charge in [-0.2, -0.15) is 0 Å². The average Bonchev–Trinajstić information content (AvgIpc) is 3.36. The van der Waals surface area contributed by atoms with Gasteiger partial charge in [-0.05, 0) is 13.0 Å². The number of hydrogen-bond donors (Lipinski definition) is 2. The third-order valence-corrected chi connectivity index (χ3v) is 8.58. The highest BCUT2D eigenvalue weighted by Crippen LogP contribution is 2.52. The van der Waals surface area contributed by atoms with Gasteiger partial charge in [0.15, 0.2) is 23.3 Å². The van der Waals surface area contributed by atoms with Gasteiger partial charge in [-0.1, -0.05) is 43.0 Å². The predicted octanol–water partition coefficient (Wildman–Crippen LogP) is 3.39. The van der Waals surface area contributed by atoms with Gasteiger partial charge in [0.1, 0.15) is 5.70 Å². The number of carboxylic acid groups (broad SMARTS) is 1. The third-order valence-electron chi connectivity index (χ3n) is 6.36. The highest BCUT2D eigenvalue weighted by molar-refractivity contribution is 8.04. The second-order valence-electron chi connectivity index (χ2n) is 8.62. The number of pyridine rings is 1. The lowest BCUT2D eigenvalue weighted by molar-refractivity contribution is -0.688. The van der Waals surface area contributed by atoms with Crippen molar-refractivity contribution in [2.24, 2.45) is 11.8 Å². The van der Waals surface area contributed by atoms with Crippen molar-refractivity contribution in [1.29, 1.82) is 0 Å². The monoisotopic (exact) mass is 494 g/mol. The minimum Gasteiger partial charge on any atom is -0.477 e. The number of carbonyl (C=O) groups excluding carboxylic acids is 1. The molecule has 5 rings (SSSR count). The minimum atomic E-state index is -1.13. The Labute approximate surface area is 205 Å². The molecule has 174 valence electrons. The Balaban J connectivity index is 1.38. The van der Waals surface area contributed by atoms with Crippen LogP contribution in [0.25, 0.3) is 11.3 Å². The van der Waals surface area contributed by atoms with Gasteiger partial charge in [0.25, 0.3) is 0 Å². The summed E-state index contributed by atoms with van der Waals surface area (Å²) in [5.41, 5.74) is 3.00. The molecular formula is C25H24N3O4S2+. The standard InChI is InChI=1S/C25H23N3O4S2/c1-14-20-19(15(2)29)23(30)28(20)21(24(31)32)22(14)34-25-26-18(13-33-25)17-8-6-7-16(11-17)12-27-9-4-3-5-10-27/h3-11,13-15,19-20,29H,12H2,1-2H3/p+1/t14-,15-,19-,20-/m1/s1. The van der Waals surface area contributed by atoms with Gasteiger partial charge in [-0.3, -0.25) is 4.79 Å². The Bertz CT molecular complexity index is 1290. The Kier molecular flexibility index (Phi) is 6.01. The van der Waals surface area contributed by atoms with Crippen LogP contribution < -0.4 is 4.57 Å². The van der Waals surface area contributed by atoms with Crippen LogP contribution in [-0.4, -0.2) is 44.1 Å². The molecule has 0 radical (unpaired) electrons. The fourth-order valence-corrected chi connectivity index (χ4v) is 6.87. The van der Waals surface area contributed by atoms with E-state index in [1.165, 1.54) is 28.0 Å². The molecule has 2 aromatic heterocycles. The summed E-state index contributed by atoms with van der Waals surface area (Å²) in [5, 5.41) is 21.8. The van der Waals surface area contributed by atoms with Crippen LogP contribution in [-0.2, 0) is 16.1 Å². The van der Waals surface area contributed by atoms with Gasteiger partial charge in [-0.25, -0.2) is 14.3 Å². The maximum Gasteiger partial charge on any atom is 0.353 e. The van der Waals surface area contributed by atoms with Gasteiger partial charge in [0.2, 0.25) is 5.91 Å². The molecule has 2 N–H and O–H groups in total. The van der Waals surface area contributed by atoms with Crippen molar-refractivity contribution in [3.8, 4) is 11.3 Å². The van der Waals surface area contributed by atoms with Crippen LogP contribution >= 0.6 is 23.1 Å². The first-order chi connectivity index (χ1) is 16.3. The normalized spacial score (nSPS) is 22.5. The summed E-state index contributed by atoms with van der Waals surface area (Å²) in [4.78, 5) is 31.3. The molecule has 1 aromatic carbocycles. The summed E-state index contributed by atoms with van der Waals surface area (Å²) >= 11 is 2.76. The molecule has 7 nitrogen and oxygen atoms in total. The molecule has 4 atom stereocenters. The van der Waals surface area contributed by atoms with Crippen LogP contribution in [0.2, 0.25) is 0 Å². The van der Waals surface area contributed by atoms with Crippen molar-refractivity contribution >= 4 is 35.0 Å². The van der Waals surface area contributed by atoms with Gasteiger partial charge in [0, 0.05) is 39.5 Å². The van der Waals surface area contributed by atoms with E-state index in [0.717, 1.165) is 27.7 Å². The summed E-state index contributed by atoms with van der Waals surface area (Å²) in [6.45, 7) is 4.25. The number of thioether (sulfide) groups is 1. The topological polar surface area (TPSA) is 94.6 Å². The lowest BCUT2D eigenvalue weighted by atomic mass is 9.79. The second kappa shape index (κ2) is 8.98. The number of aliphatic carboxylic acids is 1. The molecule has 0 bridgehead atoms. The molecule has 0 spiro atoms. The molecular weight excluding hydrogens is 470 g/mol. The SMILES string of the molecule is C[C@@H](O)[C@H]1C(=O)N2C(C(=O)O)=C(Sc3nc(-c4cccc(C[n+]5ccccc5)c4)cs3)[C@H](C)[C@H]12. The number of thiazole rings is 1. The Morgan fingerprint density at radius 3 is 2.74 bits per heavy atom. The van der Waals surface area contributed by atoms with Crippen molar-refractivity contribution in [3.63, 3.8) is 0 Å². The van der Waals surface area contributed by atoms with E-state index in [1.807, 2.05) is 55.0 Å². The third kappa shape index (κ3) is 3.93. The van der Waals surface area contributed by atoms with E-state index in [1.54, 1.807) is 6.92 Å². The van der Waals surface area contributed by atoms with E-state index >= 15 is 0 Å². The van der Waals surface area contributed by atoms with Crippen molar-refractivity contribution in [3.05, 3.63) is 76.4 Å². The van der Waals surface area contributed by atoms with E-state index in [9.17, 15) is 19.8 Å². The van der Waals surface area contributed by atoms with Crippen molar-refractivity contribution in [2.45, 2.75) is 36.9 Å². The molecule has 1 fully saturated rings. The number of hydrogen-bond acceptors (Lipinski definition) is 6. The molecule has 4 heterocycles. The summed E-state index contributed by atoms with van der Waals surface area (Å²) < 4.78 is 2.83. The quantitative estimate of drug-likeness (QED) is 0.386. The molecule has 3 aromatic rings. The number of aliphatic hydroxyl groups is 1. The van der Waals surface area contributed by atoms with E-state index in [-0.39, 0.29) is 23.6 Å². The molecule has 34 heavy (non-hydrogen) atoms. The number of carbonyl (C=O) groups is 2. The average molecular weight is 495 g/mol. The van der Waals surface area contributed by atoms with Gasteiger partial charge < -0.3 is 15.1 Å². The molecule has 0 aliphatic carbocycles. The van der Waals surface area contributed by atoms with Crippen LogP contribution in [0.15, 0.2) is 75.2 Å². The van der Waals surface area contributed by atoms with E-state index in [0.29, 0.717) is 4.91 Å². The first kappa shape index (κ1) is 22.8. The van der Waals surface area contributed by atoms with Crippen molar-refractivity contribution < 1.29 is 24.4 Å². The lowest BCUT2D eigenvalue weighted by Crippen LogP contribution is -2.63. The van der Waals surface area contributed by atoms with Crippen LogP contribution in [0.5, 0.6) is 0 Å². The zero-order valence-corrected chi connectivity index (χ0v) is 20.3. The van der Waals surface area contributed by atoms with Crippen LogP contribution in [0.3, 0.4) is 0 Å². The van der Waals surface area contributed by atoms with Gasteiger partial charge in [-0.15, -0.1) is 11.3 Å². The molecule has 0 unspecified atom stereocenters. The number of aromatic nitrogens is 2. The maximum absolute atomic E-state index is 12.5. The second-order valence-corrected chi connectivity index (χ2v) is 10.8. The molecule has 1 amide bonds. The number of nitrogens with zero attached hydrogens (tertiary/aromatic N) is 3. The molecule has 2 aliphatic heterocycles. The van der Waals surface area contributed by atoms with Crippen molar-refractivity contribution in [1.82, 2.24) is 9.88 Å². The number of rotatable bonds is 7. The fourth-order valence-electron chi connectivity index (χ4n) is 4.77. The van der Waals surface area contributed by atoms with E-state index in [2.05, 4.69) is 16.7 Å². The first-order valence-electron chi connectivity index (χ1n) is 11.0. The summed E-state index contributed by atoms with van der Waals surface area (Å²) in [6.07, 6.45) is 3.23. The zero-order valence-electron chi connectivity index (χ0n) is 18.7. The van der Waals surface area contributed by atoms with Gasteiger partial charge in [0.05, 0.1) is 23.8 Å². The van der Waals surface area contributed by atoms with Crippen LogP contribution in [0.1, 0.15) is 19.4 Å². The number of aliphatic hydroxyl groups excluding tert-OH is 1. The smallest absolute Gasteiger partial charge is 0.353 e. The van der Waals surface area contributed by atoms with Crippen molar-refractivity contribution in [2.75, 3.05) is 0 Å². The largest absolute Gasteiger partial charge is 0.477 e. The maximum atomic E-state index is 12.5. The number of fused-ring (bicyclic) bond motifs is 1. The molecule has 0 saturated carbocycles. The minimum absolute atomic E-state index is 0.0167.